The fraction of sp³-hybridized carbons (Fsp3) is 0.385. The number of benzene rings is 1. The van der Waals surface area contributed by atoms with Gasteiger partial charge in [0.1, 0.15) is 0 Å². The predicted molar refractivity (Wildman–Crippen MR) is 64.4 cm³/mol. The average molecular weight is 231 g/mol. The number of fused-ring (bicyclic) bond motifs is 1. The van der Waals surface area contributed by atoms with Crippen molar-refractivity contribution >= 4 is 17.5 Å². The van der Waals surface area contributed by atoms with Gasteiger partial charge in [0.2, 0.25) is 11.8 Å². The van der Waals surface area contributed by atoms with Gasteiger partial charge in [-0.2, -0.15) is 0 Å². The second kappa shape index (κ2) is 4.99. The summed E-state index contributed by atoms with van der Waals surface area (Å²) >= 11 is 0. The number of hydrogen-bond acceptors (Lipinski definition) is 2. The molecule has 89 valence electrons. The van der Waals surface area contributed by atoms with E-state index >= 15 is 0 Å². The Balaban J connectivity index is 1.98. The minimum atomic E-state index is -0.0591. The third-order valence-electron chi connectivity index (χ3n) is 2.92. The number of anilines is 1. The maximum absolute atomic E-state index is 11.8. The Bertz CT molecular complexity index is 443. The van der Waals surface area contributed by atoms with Crippen LogP contribution in [0.5, 0.6) is 0 Å². The van der Waals surface area contributed by atoms with E-state index in [0.717, 1.165) is 17.7 Å². The smallest absolute Gasteiger partial charge is 0.227 e. The molecule has 0 aromatic heterocycles. The zero-order valence-electron chi connectivity index (χ0n) is 9.75. The molecule has 0 aliphatic carbocycles. The highest BCUT2D eigenvalue weighted by atomic mass is 16.2. The van der Waals surface area contributed by atoms with Crippen LogP contribution in [0, 0.1) is 12.0 Å². The first kappa shape index (κ1) is 11.6. The van der Waals surface area contributed by atoms with Crippen LogP contribution in [0.2, 0.25) is 0 Å². The lowest BCUT2D eigenvalue weighted by atomic mass is 9.91. The first-order chi connectivity index (χ1) is 8.16. The summed E-state index contributed by atoms with van der Waals surface area (Å²) < 4.78 is 0. The number of carbonyl (C=O) groups excluding carboxylic acids is 2. The van der Waals surface area contributed by atoms with E-state index in [1.807, 2.05) is 12.1 Å². The van der Waals surface area contributed by atoms with Crippen molar-refractivity contribution in [2.75, 3.05) is 11.9 Å². The molecule has 0 saturated heterocycles. The number of nitrogens with one attached hydrogen (secondary N) is 2. The van der Waals surface area contributed by atoms with Crippen molar-refractivity contribution in [1.82, 2.24) is 5.32 Å². The fourth-order valence-corrected chi connectivity index (χ4v) is 2.01. The van der Waals surface area contributed by atoms with Gasteiger partial charge in [0.15, 0.2) is 0 Å². The van der Waals surface area contributed by atoms with Crippen LogP contribution in [0.15, 0.2) is 18.2 Å². The van der Waals surface area contributed by atoms with Crippen LogP contribution in [-0.4, -0.2) is 18.4 Å². The van der Waals surface area contributed by atoms with Gasteiger partial charge in [-0.25, -0.2) is 0 Å². The molecule has 1 heterocycles. The Kier molecular flexibility index (Phi) is 3.42. The maximum Gasteiger partial charge on any atom is 0.227 e. The Morgan fingerprint density at radius 1 is 1.65 bits per heavy atom. The lowest BCUT2D eigenvalue weighted by molar-refractivity contribution is -0.121. The van der Waals surface area contributed by atoms with Crippen LogP contribution in [0.1, 0.15) is 18.9 Å². The number of hydrogen-bond donors (Lipinski definition) is 2. The zero-order valence-corrected chi connectivity index (χ0v) is 9.75. The van der Waals surface area contributed by atoms with Gasteiger partial charge >= 0.3 is 0 Å². The molecular weight excluding hydrogens is 216 g/mol. The lowest BCUT2D eigenvalue weighted by Crippen LogP contribution is -2.33. The zero-order chi connectivity index (χ0) is 12.3. The van der Waals surface area contributed by atoms with E-state index in [1.54, 1.807) is 6.07 Å². The summed E-state index contributed by atoms with van der Waals surface area (Å²) in [7, 11) is 0. The Morgan fingerprint density at radius 3 is 3.24 bits per heavy atom. The number of carbonyl (C=O) groups is 2. The predicted octanol–water partition coefficient (Wildman–Crippen LogP) is 1.12. The minimum absolute atomic E-state index is 0.0300. The average Bonchev–Trinajstić information content (AvgIpc) is 2.29. The van der Waals surface area contributed by atoms with E-state index in [4.69, 9.17) is 0 Å². The van der Waals surface area contributed by atoms with E-state index in [1.165, 1.54) is 6.92 Å². The van der Waals surface area contributed by atoms with Gasteiger partial charge in [-0.3, -0.25) is 9.59 Å². The molecule has 17 heavy (non-hydrogen) atoms. The summed E-state index contributed by atoms with van der Waals surface area (Å²) in [6.07, 6.45) is 1.40. The molecule has 1 aliphatic rings. The lowest BCUT2D eigenvalue weighted by Gasteiger charge is -2.24. The van der Waals surface area contributed by atoms with Gasteiger partial charge in [-0.05, 0) is 30.5 Å². The van der Waals surface area contributed by atoms with Crippen molar-refractivity contribution in [1.29, 1.82) is 0 Å². The van der Waals surface area contributed by atoms with E-state index in [0.29, 0.717) is 13.0 Å². The van der Waals surface area contributed by atoms with Gasteiger partial charge in [0, 0.05) is 25.1 Å². The van der Waals surface area contributed by atoms with Gasteiger partial charge in [0.05, 0.1) is 0 Å². The molecule has 1 unspecified atom stereocenters. The Morgan fingerprint density at radius 2 is 2.47 bits per heavy atom. The molecule has 1 aliphatic heterocycles. The Labute approximate surface area is 100 Å². The second-order valence-corrected chi connectivity index (χ2v) is 4.25. The number of amides is 2. The monoisotopic (exact) mass is 231 g/mol. The molecule has 4 nitrogen and oxygen atoms in total. The van der Waals surface area contributed by atoms with Gasteiger partial charge < -0.3 is 10.6 Å². The topological polar surface area (TPSA) is 58.2 Å². The summed E-state index contributed by atoms with van der Waals surface area (Å²) in [6.45, 7) is 2.02. The van der Waals surface area contributed by atoms with E-state index < -0.39 is 0 Å². The molecule has 1 aromatic carbocycles. The van der Waals surface area contributed by atoms with Crippen molar-refractivity contribution in [3.05, 3.63) is 29.8 Å². The molecule has 0 saturated carbocycles. The molecule has 1 aromatic rings. The molecule has 2 rings (SSSR count). The molecule has 1 atom stereocenters. The minimum Gasteiger partial charge on any atom is -0.356 e. The van der Waals surface area contributed by atoms with Crippen LogP contribution < -0.4 is 10.6 Å². The van der Waals surface area contributed by atoms with E-state index in [9.17, 15) is 9.59 Å². The molecule has 0 bridgehead atoms. The van der Waals surface area contributed by atoms with Crippen molar-refractivity contribution in [3.63, 3.8) is 0 Å². The normalized spacial score (nSPS) is 18.2. The van der Waals surface area contributed by atoms with Crippen molar-refractivity contribution in [2.45, 2.75) is 19.8 Å². The molecule has 0 spiro atoms. The molecule has 4 heteroatoms. The van der Waals surface area contributed by atoms with Crippen LogP contribution in [0.25, 0.3) is 0 Å². The maximum atomic E-state index is 11.8. The summed E-state index contributed by atoms with van der Waals surface area (Å²) in [5.74, 6) is -0.0876. The first-order valence-electron chi connectivity index (χ1n) is 5.71. The second-order valence-electron chi connectivity index (χ2n) is 4.25. The molecule has 2 amide bonds. The summed E-state index contributed by atoms with van der Waals surface area (Å²) in [6, 6.07) is 8.55. The Hall–Kier alpha value is -1.84. The number of rotatable bonds is 3. The molecular formula is C13H15N2O2. The van der Waals surface area contributed by atoms with Crippen molar-refractivity contribution < 1.29 is 9.59 Å². The van der Waals surface area contributed by atoms with Crippen LogP contribution in [-0.2, 0) is 16.0 Å². The van der Waals surface area contributed by atoms with Gasteiger partial charge in [-0.15, -0.1) is 0 Å². The molecule has 2 N–H and O–H groups in total. The summed E-state index contributed by atoms with van der Waals surface area (Å²) in [5, 5.41) is 5.58. The van der Waals surface area contributed by atoms with Gasteiger partial charge in [-0.1, -0.05) is 12.1 Å². The summed E-state index contributed by atoms with van der Waals surface area (Å²) in [5.41, 5.74) is 1.99. The van der Waals surface area contributed by atoms with Crippen molar-refractivity contribution in [3.8, 4) is 0 Å². The SMILES string of the molecule is CC(=O)NCCC1Cc2cc[c]cc2NC1=O. The quantitative estimate of drug-likeness (QED) is 0.819. The fourth-order valence-electron chi connectivity index (χ4n) is 2.01. The largest absolute Gasteiger partial charge is 0.356 e. The highest BCUT2D eigenvalue weighted by Crippen LogP contribution is 2.26. The van der Waals surface area contributed by atoms with Crippen LogP contribution in [0.3, 0.4) is 0 Å². The molecule has 0 fully saturated rings. The van der Waals surface area contributed by atoms with Crippen molar-refractivity contribution in [2.24, 2.45) is 5.92 Å². The highest BCUT2D eigenvalue weighted by Gasteiger charge is 2.25. The molecule has 1 radical (unpaired) electrons. The summed E-state index contributed by atoms with van der Waals surface area (Å²) in [4.78, 5) is 22.5. The van der Waals surface area contributed by atoms with Gasteiger partial charge in [0.25, 0.3) is 0 Å². The van der Waals surface area contributed by atoms with Crippen LogP contribution in [0.4, 0.5) is 5.69 Å². The third kappa shape index (κ3) is 2.84. The third-order valence-corrected chi connectivity index (χ3v) is 2.92. The van der Waals surface area contributed by atoms with E-state index in [2.05, 4.69) is 16.7 Å². The first-order valence-corrected chi connectivity index (χ1v) is 5.71. The highest BCUT2D eigenvalue weighted by molar-refractivity contribution is 5.95. The van der Waals surface area contributed by atoms with E-state index in [-0.39, 0.29) is 17.7 Å². The standard InChI is InChI=1S/C13H15N2O2/c1-9(16)14-7-6-11-8-10-4-2-3-5-12(10)15-13(11)17/h2,4-5,11H,6-8H2,1H3,(H,14,16)(H,15,17). The van der Waals surface area contributed by atoms with Crippen LogP contribution >= 0.6 is 0 Å².